The number of aryl methyl sites for hydroxylation is 1. The number of oxazole rings is 1. The lowest BCUT2D eigenvalue weighted by atomic mass is 10.1. The van der Waals surface area contributed by atoms with Gasteiger partial charge in [-0.05, 0) is 25.1 Å². The number of carboxylic acids is 1. The van der Waals surface area contributed by atoms with Crippen LogP contribution in [0.1, 0.15) is 16.1 Å². The van der Waals surface area contributed by atoms with Crippen LogP contribution in [0.15, 0.2) is 59.0 Å². The van der Waals surface area contributed by atoms with Crippen molar-refractivity contribution in [2.45, 2.75) is 6.92 Å². The standard InChI is InChI=1S/C17H13NO3/c1-11-6-5-9-13(10-11)15-14(17(19)20)18-16(21-15)12-7-3-2-4-8-12/h2-10H,1H3,(H,19,20). The number of carboxylic acid groups (broad SMARTS) is 1. The molecule has 0 saturated heterocycles. The maximum Gasteiger partial charge on any atom is 0.358 e. The molecule has 104 valence electrons. The molecule has 0 saturated carbocycles. The van der Waals surface area contributed by atoms with Crippen LogP contribution < -0.4 is 0 Å². The summed E-state index contributed by atoms with van der Waals surface area (Å²) in [5.74, 6) is -0.507. The second-order valence-corrected chi connectivity index (χ2v) is 4.74. The lowest BCUT2D eigenvalue weighted by Crippen LogP contribution is -1.98. The molecule has 0 bridgehead atoms. The second kappa shape index (κ2) is 5.25. The topological polar surface area (TPSA) is 63.3 Å². The smallest absolute Gasteiger partial charge is 0.358 e. The molecule has 3 aromatic rings. The molecule has 0 aliphatic rings. The summed E-state index contributed by atoms with van der Waals surface area (Å²) in [7, 11) is 0. The molecule has 0 fully saturated rings. The fraction of sp³-hybridized carbons (Fsp3) is 0.0588. The molecule has 1 aromatic heterocycles. The van der Waals surface area contributed by atoms with Gasteiger partial charge in [-0.1, -0.05) is 42.0 Å². The Labute approximate surface area is 121 Å². The minimum atomic E-state index is -1.10. The van der Waals surface area contributed by atoms with Crippen LogP contribution in [0.2, 0.25) is 0 Å². The molecule has 0 radical (unpaired) electrons. The second-order valence-electron chi connectivity index (χ2n) is 4.74. The van der Waals surface area contributed by atoms with Gasteiger partial charge >= 0.3 is 5.97 Å². The van der Waals surface area contributed by atoms with Gasteiger partial charge in [-0.2, -0.15) is 0 Å². The summed E-state index contributed by atoms with van der Waals surface area (Å²) in [6, 6.07) is 16.7. The average Bonchev–Trinajstić information content (AvgIpc) is 2.93. The van der Waals surface area contributed by atoms with Gasteiger partial charge in [-0.3, -0.25) is 0 Å². The van der Waals surface area contributed by atoms with E-state index < -0.39 is 5.97 Å². The summed E-state index contributed by atoms with van der Waals surface area (Å²) in [6.07, 6.45) is 0. The first-order chi connectivity index (χ1) is 10.1. The molecule has 4 heteroatoms. The zero-order chi connectivity index (χ0) is 14.8. The number of aromatic carboxylic acids is 1. The molecule has 0 aliphatic carbocycles. The fourth-order valence-corrected chi connectivity index (χ4v) is 2.15. The van der Waals surface area contributed by atoms with Crippen LogP contribution in [0.25, 0.3) is 22.8 Å². The van der Waals surface area contributed by atoms with E-state index in [0.717, 1.165) is 11.1 Å². The number of rotatable bonds is 3. The predicted octanol–water partition coefficient (Wildman–Crippen LogP) is 4.02. The largest absolute Gasteiger partial charge is 0.476 e. The Bertz CT molecular complexity index is 791. The Hall–Kier alpha value is -2.88. The molecular formula is C17H13NO3. The molecule has 1 N–H and O–H groups in total. The third kappa shape index (κ3) is 2.56. The van der Waals surface area contributed by atoms with E-state index >= 15 is 0 Å². The molecule has 3 rings (SSSR count). The molecule has 0 unspecified atom stereocenters. The highest BCUT2D eigenvalue weighted by Gasteiger charge is 2.21. The van der Waals surface area contributed by atoms with Gasteiger partial charge < -0.3 is 9.52 Å². The Morgan fingerprint density at radius 1 is 1.05 bits per heavy atom. The van der Waals surface area contributed by atoms with Crippen molar-refractivity contribution in [2.24, 2.45) is 0 Å². The third-order valence-corrected chi connectivity index (χ3v) is 3.13. The summed E-state index contributed by atoms with van der Waals surface area (Å²) >= 11 is 0. The van der Waals surface area contributed by atoms with Gasteiger partial charge in [0.15, 0.2) is 11.5 Å². The van der Waals surface area contributed by atoms with E-state index in [1.54, 1.807) is 0 Å². The van der Waals surface area contributed by atoms with Gasteiger partial charge in [0, 0.05) is 11.1 Å². The third-order valence-electron chi connectivity index (χ3n) is 3.13. The van der Waals surface area contributed by atoms with Crippen LogP contribution in [0.3, 0.4) is 0 Å². The highest BCUT2D eigenvalue weighted by molar-refractivity contribution is 5.93. The van der Waals surface area contributed by atoms with Crippen molar-refractivity contribution >= 4 is 5.97 Å². The molecule has 0 amide bonds. The quantitative estimate of drug-likeness (QED) is 0.786. The Morgan fingerprint density at radius 2 is 1.76 bits per heavy atom. The molecule has 0 spiro atoms. The van der Waals surface area contributed by atoms with Crippen molar-refractivity contribution in [3.05, 3.63) is 65.9 Å². The lowest BCUT2D eigenvalue weighted by Gasteiger charge is -1.99. The van der Waals surface area contributed by atoms with E-state index in [0.29, 0.717) is 11.5 Å². The number of benzene rings is 2. The summed E-state index contributed by atoms with van der Waals surface area (Å²) in [5.41, 5.74) is 2.42. The SMILES string of the molecule is Cc1cccc(-c2oc(-c3ccccc3)nc2C(=O)O)c1. The summed E-state index contributed by atoms with van der Waals surface area (Å²) in [4.78, 5) is 15.5. The van der Waals surface area contributed by atoms with Crippen LogP contribution in [-0.2, 0) is 0 Å². The van der Waals surface area contributed by atoms with Crippen LogP contribution >= 0.6 is 0 Å². The van der Waals surface area contributed by atoms with Crippen LogP contribution in [-0.4, -0.2) is 16.1 Å². The normalized spacial score (nSPS) is 10.5. The van der Waals surface area contributed by atoms with Crippen molar-refractivity contribution < 1.29 is 14.3 Å². The Balaban J connectivity index is 2.16. The highest BCUT2D eigenvalue weighted by atomic mass is 16.4. The van der Waals surface area contributed by atoms with Crippen molar-refractivity contribution in [3.8, 4) is 22.8 Å². The number of hydrogen-bond acceptors (Lipinski definition) is 3. The molecule has 21 heavy (non-hydrogen) atoms. The molecule has 2 aromatic carbocycles. The zero-order valence-corrected chi connectivity index (χ0v) is 11.4. The first-order valence-corrected chi connectivity index (χ1v) is 6.52. The molecule has 4 nitrogen and oxygen atoms in total. The number of hydrogen-bond donors (Lipinski definition) is 1. The lowest BCUT2D eigenvalue weighted by molar-refractivity contribution is 0.0691. The van der Waals surface area contributed by atoms with Gasteiger partial charge in [0.05, 0.1) is 0 Å². The molecule has 0 atom stereocenters. The summed E-state index contributed by atoms with van der Waals surface area (Å²) < 4.78 is 5.71. The van der Waals surface area contributed by atoms with Crippen LogP contribution in [0.5, 0.6) is 0 Å². The van der Waals surface area contributed by atoms with Crippen molar-refractivity contribution in [1.82, 2.24) is 4.98 Å². The maximum atomic E-state index is 11.4. The van der Waals surface area contributed by atoms with Gasteiger partial charge in [0.25, 0.3) is 0 Å². The van der Waals surface area contributed by atoms with Crippen LogP contribution in [0, 0.1) is 6.92 Å². The number of aromatic nitrogens is 1. The molecular weight excluding hydrogens is 266 g/mol. The Kier molecular flexibility index (Phi) is 3.28. The first-order valence-electron chi connectivity index (χ1n) is 6.52. The van der Waals surface area contributed by atoms with E-state index in [1.807, 2.05) is 61.5 Å². The van der Waals surface area contributed by atoms with Crippen molar-refractivity contribution in [3.63, 3.8) is 0 Å². The van der Waals surface area contributed by atoms with Crippen molar-refractivity contribution in [2.75, 3.05) is 0 Å². The summed E-state index contributed by atoms with van der Waals surface area (Å²) in [6.45, 7) is 1.94. The van der Waals surface area contributed by atoms with E-state index in [4.69, 9.17) is 4.42 Å². The zero-order valence-electron chi connectivity index (χ0n) is 11.4. The van der Waals surface area contributed by atoms with E-state index in [-0.39, 0.29) is 11.5 Å². The van der Waals surface area contributed by atoms with Crippen molar-refractivity contribution in [1.29, 1.82) is 0 Å². The Morgan fingerprint density at radius 3 is 2.43 bits per heavy atom. The summed E-state index contributed by atoms with van der Waals surface area (Å²) in [5, 5.41) is 9.33. The maximum absolute atomic E-state index is 11.4. The predicted molar refractivity (Wildman–Crippen MR) is 79.1 cm³/mol. The first kappa shape index (κ1) is 13.1. The van der Waals surface area contributed by atoms with Gasteiger partial charge in [-0.25, -0.2) is 9.78 Å². The number of carbonyl (C=O) groups is 1. The van der Waals surface area contributed by atoms with E-state index in [2.05, 4.69) is 4.98 Å². The minimum absolute atomic E-state index is 0.0700. The fourth-order valence-electron chi connectivity index (χ4n) is 2.15. The minimum Gasteiger partial charge on any atom is -0.476 e. The highest BCUT2D eigenvalue weighted by Crippen LogP contribution is 2.30. The monoisotopic (exact) mass is 279 g/mol. The van der Waals surface area contributed by atoms with Crippen LogP contribution in [0.4, 0.5) is 0 Å². The van der Waals surface area contributed by atoms with E-state index in [9.17, 15) is 9.90 Å². The van der Waals surface area contributed by atoms with Gasteiger partial charge in [0.1, 0.15) is 0 Å². The van der Waals surface area contributed by atoms with Gasteiger partial charge in [-0.15, -0.1) is 0 Å². The number of nitrogens with zero attached hydrogens (tertiary/aromatic N) is 1. The van der Waals surface area contributed by atoms with E-state index in [1.165, 1.54) is 0 Å². The average molecular weight is 279 g/mol. The molecule has 0 aliphatic heterocycles. The van der Waals surface area contributed by atoms with Gasteiger partial charge in [0.2, 0.25) is 5.89 Å². The molecule has 1 heterocycles.